The molecule has 0 fully saturated rings. The van der Waals surface area contributed by atoms with Crippen LogP contribution in [0, 0.1) is 6.92 Å². The molecule has 13 rings (SSSR count). The van der Waals surface area contributed by atoms with Gasteiger partial charge in [0, 0.05) is 16.9 Å². The normalized spacial score (nSPS) is 19.0. The molecule has 8 aromatic carbocycles. The van der Waals surface area contributed by atoms with Crippen molar-refractivity contribution in [2.24, 2.45) is 0 Å². The Labute approximate surface area is 463 Å². The second kappa shape index (κ2) is 17.1. The van der Waals surface area contributed by atoms with Crippen molar-refractivity contribution >= 4 is 30.4 Å². The highest BCUT2D eigenvalue weighted by Crippen LogP contribution is 2.59. The van der Waals surface area contributed by atoms with E-state index in [1.54, 1.807) is 5.56 Å². The minimum atomic E-state index is -0.0125. The molecule has 386 valence electrons. The van der Waals surface area contributed by atoms with Gasteiger partial charge in [-0.05, 0) is 220 Å². The summed E-state index contributed by atoms with van der Waals surface area (Å²) in [5.74, 6) is 0. The Hall–Kier alpha value is -6.38. The van der Waals surface area contributed by atoms with Crippen LogP contribution in [0.2, 0.25) is 0 Å². The summed E-state index contributed by atoms with van der Waals surface area (Å²) in [6.45, 7) is 32.0. The number of fused-ring (bicyclic) bond motifs is 9. The highest BCUT2D eigenvalue weighted by Gasteiger charge is 2.43. The van der Waals surface area contributed by atoms with E-state index in [4.69, 9.17) is 7.85 Å². The summed E-state index contributed by atoms with van der Waals surface area (Å²) in [5, 5.41) is 0. The maximum absolute atomic E-state index is 7.58. The zero-order chi connectivity index (χ0) is 53.9. The summed E-state index contributed by atoms with van der Waals surface area (Å²) in [6, 6.07) is 54.8. The van der Waals surface area contributed by atoms with Crippen molar-refractivity contribution in [2.75, 3.05) is 4.90 Å². The Kier molecular flexibility index (Phi) is 11.1. The molecule has 77 heavy (non-hydrogen) atoms. The van der Waals surface area contributed by atoms with Crippen LogP contribution in [0.25, 0.3) is 55.6 Å². The lowest BCUT2D eigenvalue weighted by atomic mass is 9.62. The molecule has 0 unspecified atom stereocenters. The minimum absolute atomic E-state index is 0.00601. The van der Waals surface area contributed by atoms with Crippen LogP contribution in [0.15, 0.2) is 140 Å². The number of anilines is 3. The van der Waals surface area contributed by atoms with Gasteiger partial charge in [0.15, 0.2) is 0 Å². The van der Waals surface area contributed by atoms with Gasteiger partial charge in [-0.3, -0.25) is 0 Å². The van der Waals surface area contributed by atoms with Gasteiger partial charge in [-0.15, -0.1) is 0 Å². The summed E-state index contributed by atoms with van der Waals surface area (Å²) in [4.78, 5) is 2.62. The van der Waals surface area contributed by atoms with Gasteiger partial charge in [-0.25, -0.2) is 0 Å². The van der Waals surface area contributed by atoms with Gasteiger partial charge in [0.1, 0.15) is 7.85 Å². The zero-order valence-electron chi connectivity index (χ0n) is 48.5. The van der Waals surface area contributed by atoms with Crippen LogP contribution in [-0.2, 0) is 45.3 Å². The van der Waals surface area contributed by atoms with E-state index in [0.29, 0.717) is 0 Å². The first-order valence-corrected chi connectivity index (χ1v) is 29.1. The van der Waals surface area contributed by atoms with Crippen molar-refractivity contribution in [3.8, 4) is 55.6 Å². The van der Waals surface area contributed by atoms with Gasteiger partial charge >= 0.3 is 0 Å². The molecule has 0 saturated carbocycles. The molecule has 0 bridgehead atoms. The van der Waals surface area contributed by atoms with Crippen LogP contribution < -0.4 is 10.4 Å². The number of aryl methyl sites for hydroxylation is 1. The van der Waals surface area contributed by atoms with Crippen molar-refractivity contribution in [3.63, 3.8) is 0 Å². The molecule has 8 aromatic rings. The molecule has 5 aliphatic rings. The minimum Gasteiger partial charge on any atom is -0.310 e. The Balaban J connectivity index is 1.18. The average Bonchev–Trinajstić information content (AvgIpc) is 4.23. The fraction of sp³-hybridized carbons (Fsp3) is 0.360. The van der Waals surface area contributed by atoms with E-state index in [9.17, 15) is 0 Å². The van der Waals surface area contributed by atoms with Gasteiger partial charge in [-0.2, -0.15) is 0 Å². The zero-order valence-corrected chi connectivity index (χ0v) is 48.5. The molecule has 0 saturated heterocycles. The molecular weight excluding hydrogens is 926 g/mol. The summed E-state index contributed by atoms with van der Waals surface area (Å²) < 4.78 is 0. The van der Waals surface area contributed by atoms with E-state index in [2.05, 4.69) is 234 Å². The highest BCUT2D eigenvalue weighted by molar-refractivity contribution is 6.36. The SMILES string of the molecule is [B]c1ccc(-c2ccccc2)cc1N(c1cc2c(cc1C)C(C)(C)CCC2(C)C)c1cc2c(c(-c3cccc4c3Cc3cc5c(cc3-4)C(C)(C)CCC5(C)C)c1-c1ccc3c(c1)C(C)(C)CCC3(C)C)Cc1ccccc1-2. The van der Waals surface area contributed by atoms with E-state index >= 15 is 0 Å². The second-order valence-electron chi connectivity index (χ2n) is 28.3. The van der Waals surface area contributed by atoms with Gasteiger partial charge < -0.3 is 4.90 Å². The summed E-state index contributed by atoms with van der Waals surface area (Å²) in [7, 11) is 7.58. The lowest BCUT2D eigenvalue weighted by molar-refractivity contribution is 0.332. The lowest BCUT2D eigenvalue weighted by Crippen LogP contribution is -2.34. The first-order valence-electron chi connectivity index (χ1n) is 29.1. The molecule has 0 heterocycles. The summed E-state index contributed by atoms with van der Waals surface area (Å²) >= 11 is 0. The molecule has 0 spiro atoms. The third kappa shape index (κ3) is 7.83. The Morgan fingerprint density at radius 2 is 0.870 bits per heavy atom. The molecule has 0 amide bonds. The lowest BCUT2D eigenvalue weighted by Gasteiger charge is -2.43. The first-order chi connectivity index (χ1) is 36.4. The first kappa shape index (κ1) is 50.1. The maximum Gasteiger partial charge on any atom is 0.116 e. The third-order valence-corrected chi connectivity index (χ3v) is 20.4. The quantitative estimate of drug-likeness (QED) is 0.150. The summed E-state index contributed by atoms with van der Waals surface area (Å²) in [6.07, 6.45) is 8.79. The molecule has 5 aliphatic carbocycles. The highest BCUT2D eigenvalue weighted by atomic mass is 15.2. The Morgan fingerprint density at radius 1 is 0.338 bits per heavy atom. The third-order valence-electron chi connectivity index (χ3n) is 20.4. The Morgan fingerprint density at radius 3 is 1.55 bits per heavy atom. The van der Waals surface area contributed by atoms with E-state index < -0.39 is 0 Å². The summed E-state index contributed by atoms with van der Waals surface area (Å²) in [5.41, 5.74) is 33.4. The molecular formula is C75H78BN. The van der Waals surface area contributed by atoms with Gasteiger partial charge in [0.2, 0.25) is 0 Å². The molecule has 0 aromatic heterocycles. The van der Waals surface area contributed by atoms with Crippen molar-refractivity contribution in [1.82, 2.24) is 0 Å². The molecule has 2 radical (unpaired) electrons. The predicted octanol–water partition coefficient (Wildman–Crippen LogP) is 19.4. The van der Waals surface area contributed by atoms with Gasteiger partial charge in [0.05, 0.1) is 5.69 Å². The molecule has 0 atom stereocenters. The maximum atomic E-state index is 7.58. The number of hydrogen-bond donors (Lipinski definition) is 0. The van der Waals surface area contributed by atoms with Crippen molar-refractivity contribution in [3.05, 3.63) is 201 Å². The predicted molar refractivity (Wildman–Crippen MR) is 330 cm³/mol. The Bertz CT molecular complexity index is 3780. The van der Waals surface area contributed by atoms with Crippen molar-refractivity contribution in [1.29, 1.82) is 0 Å². The van der Waals surface area contributed by atoms with E-state index in [1.165, 1.54) is 136 Å². The van der Waals surface area contributed by atoms with Crippen LogP contribution in [0.1, 0.15) is 183 Å². The molecule has 2 heteroatoms. The van der Waals surface area contributed by atoms with Crippen LogP contribution in [0.3, 0.4) is 0 Å². The van der Waals surface area contributed by atoms with Gasteiger partial charge in [0.25, 0.3) is 0 Å². The standard InChI is InChI=1S/C75H78BN/c1-45-36-59-63(75(12,13)35-32-71(59,4)5)44-65(45)77(66-41-47(27-29-64(66)76)46-20-15-14-16-21-46)67-43-56-51-23-18-17-22-48(51)37-57(56)69(68(67)49-26-28-58-60(39-49)72(6,7)31-30-70(58,2)3)53-25-19-24-52-54-42-62-61(40-50(54)38-55(52)53)73(8,9)33-34-74(62,10)11/h14-29,36,39-44H,30-35,37-38H2,1-13H3. The topological polar surface area (TPSA) is 3.24 Å². The number of hydrogen-bond acceptors (Lipinski definition) is 1. The van der Waals surface area contributed by atoms with Crippen molar-refractivity contribution in [2.45, 2.75) is 174 Å². The monoisotopic (exact) mass is 1000 g/mol. The second-order valence-corrected chi connectivity index (χ2v) is 28.3. The van der Waals surface area contributed by atoms with Crippen LogP contribution >= 0.6 is 0 Å². The smallest absolute Gasteiger partial charge is 0.116 e. The van der Waals surface area contributed by atoms with Crippen LogP contribution in [0.4, 0.5) is 17.1 Å². The van der Waals surface area contributed by atoms with Crippen LogP contribution in [-0.4, -0.2) is 7.85 Å². The molecule has 1 nitrogen and oxygen atoms in total. The number of benzene rings is 8. The molecule has 0 N–H and O–H groups in total. The number of rotatable bonds is 6. The fourth-order valence-corrected chi connectivity index (χ4v) is 15.2. The van der Waals surface area contributed by atoms with Crippen molar-refractivity contribution < 1.29 is 0 Å². The number of nitrogens with zero attached hydrogens (tertiary/aromatic N) is 1. The van der Waals surface area contributed by atoms with E-state index in [0.717, 1.165) is 48.8 Å². The van der Waals surface area contributed by atoms with E-state index in [1.807, 2.05) is 0 Å². The fourth-order valence-electron chi connectivity index (χ4n) is 15.2. The average molecular weight is 1000 g/mol. The largest absolute Gasteiger partial charge is 0.310 e. The van der Waals surface area contributed by atoms with Crippen LogP contribution in [0.5, 0.6) is 0 Å². The van der Waals surface area contributed by atoms with Gasteiger partial charge in [-0.1, -0.05) is 210 Å². The van der Waals surface area contributed by atoms with E-state index in [-0.39, 0.29) is 32.5 Å². The molecule has 0 aliphatic heterocycles.